The van der Waals surface area contributed by atoms with Crippen molar-refractivity contribution in [3.05, 3.63) is 106 Å². The molecule has 35 heavy (non-hydrogen) atoms. The Morgan fingerprint density at radius 2 is 1.74 bits per heavy atom. The Hall–Kier alpha value is -4.03. The van der Waals surface area contributed by atoms with Crippen LogP contribution in [0, 0.1) is 6.92 Å². The lowest BCUT2D eigenvalue weighted by Gasteiger charge is -2.28. The first-order valence-corrected chi connectivity index (χ1v) is 11.5. The third-order valence-electron chi connectivity index (χ3n) is 6.28. The number of nitrogens with zero attached hydrogens (tertiary/aromatic N) is 2. The van der Waals surface area contributed by atoms with E-state index in [2.05, 4.69) is 0 Å². The van der Waals surface area contributed by atoms with Gasteiger partial charge in [0.05, 0.1) is 11.6 Å². The van der Waals surface area contributed by atoms with E-state index in [0.29, 0.717) is 21.7 Å². The average Bonchev–Trinajstić information content (AvgIpc) is 3.37. The van der Waals surface area contributed by atoms with E-state index < -0.39 is 23.5 Å². The fourth-order valence-electron chi connectivity index (χ4n) is 4.46. The van der Waals surface area contributed by atoms with E-state index in [-0.39, 0.29) is 11.3 Å². The molecule has 3 aromatic carbocycles. The number of carbonyl (C=O) groups excluding carboxylic acids is 2. The van der Waals surface area contributed by atoms with Crippen molar-refractivity contribution in [3.63, 3.8) is 0 Å². The molecule has 7 heteroatoms. The van der Waals surface area contributed by atoms with Gasteiger partial charge in [-0.3, -0.25) is 14.5 Å². The number of Topliss-reactive ketones (excluding diaryl/α,β-unsaturated/α-hetero) is 1. The van der Waals surface area contributed by atoms with E-state index in [0.717, 1.165) is 16.8 Å². The highest BCUT2D eigenvalue weighted by Gasteiger charge is 2.45. The van der Waals surface area contributed by atoms with Gasteiger partial charge in [-0.15, -0.1) is 0 Å². The Labute approximate surface area is 207 Å². The van der Waals surface area contributed by atoms with Crippen molar-refractivity contribution in [3.8, 4) is 0 Å². The zero-order valence-corrected chi connectivity index (χ0v) is 20.2. The molecule has 0 saturated carbocycles. The van der Waals surface area contributed by atoms with Gasteiger partial charge in [0.25, 0.3) is 5.91 Å². The Balaban J connectivity index is 1.65. The largest absolute Gasteiger partial charge is 0.503 e. The second-order valence-corrected chi connectivity index (χ2v) is 9.17. The number of aliphatic hydroxyl groups excluding tert-OH is 1. The summed E-state index contributed by atoms with van der Waals surface area (Å²) in [6, 6.07) is 20.7. The van der Waals surface area contributed by atoms with Crippen molar-refractivity contribution in [1.82, 2.24) is 0 Å². The number of carbonyl (C=O) groups is 2. The summed E-state index contributed by atoms with van der Waals surface area (Å²) in [7, 11) is 3.85. The number of amides is 1. The first kappa shape index (κ1) is 22.7. The van der Waals surface area contributed by atoms with Crippen molar-refractivity contribution in [1.29, 1.82) is 0 Å². The van der Waals surface area contributed by atoms with Crippen LogP contribution in [0.1, 0.15) is 27.7 Å². The number of aryl methyl sites for hydroxylation is 1. The molecule has 1 aliphatic heterocycles. The summed E-state index contributed by atoms with van der Waals surface area (Å²) in [6.07, 6.45) is 0. The lowest BCUT2D eigenvalue weighted by Crippen LogP contribution is -2.31. The zero-order chi connectivity index (χ0) is 24.9. The van der Waals surface area contributed by atoms with Gasteiger partial charge < -0.3 is 14.4 Å². The highest BCUT2D eigenvalue weighted by atomic mass is 35.5. The molecule has 1 atom stereocenters. The van der Waals surface area contributed by atoms with Gasteiger partial charge in [-0.05, 0) is 66.6 Å². The van der Waals surface area contributed by atoms with Gasteiger partial charge in [0, 0.05) is 35.9 Å². The van der Waals surface area contributed by atoms with E-state index >= 15 is 0 Å². The standard InChI is InChI=1S/C28H23ClN2O4/c1-16-6-4-5-7-21(16)25-24(26(32)23-15-17-14-18(29)8-13-22(17)35-23)27(33)28(34)31(25)20-11-9-19(10-12-20)30(2)3/h4-15,25,33H,1-3H3. The quantitative estimate of drug-likeness (QED) is 0.338. The summed E-state index contributed by atoms with van der Waals surface area (Å²) < 4.78 is 5.79. The third kappa shape index (κ3) is 3.86. The lowest BCUT2D eigenvalue weighted by atomic mass is 9.92. The van der Waals surface area contributed by atoms with Crippen molar-refractivity contribution in [2.45, 2.75) is 13.0 Å². The molecular weight excluding hydrogens is 464 g/mol. The fraction of sp³-hybridized carbons (Fsp3) is 0.143. The Bertz CT molecular complexity index is 1500. The van der Waals surface area contributed by atoms with Crippen LogP contribution in [0.3, 0.4) is 0 Å². The van der Waals surface area contributed by atoms with Gasteiger partial charge in [0.15, 0.2) is 11.5 Å². The highest BCUT2D eigenvalue weighted by Crippen LogP contribution is 2.43. The molecule has 0 aliphatic carbocycles. The number of ketones is 1. The molecule has 1 amide bonds. The maximum Gasteiger partial charge on any atom is 0.294 e. The van der Waals surface area contributed by atoms with E-state index in [1.165, 1.54) is 4.90 Å². The second kappa shape index (κ2) is 8.64. The van der Waals surface area contributed by atoms with Crippen molar-refractivity contribution >= 4 is 45.6 Å². The molecule has 1 N–H and O–H groups in total. The summed E-state index contributed by atoms with van der Waals surface area (Å²) in [6.45, 7) is 1.91. The van der Waals surface area contributed by atoms with Crippen LogP contribution < -0.4 is 9.80 Å². The van der Waals surface area contributed by atoms with Crippen molar-refractivity contribution < 1.29 is 19.1 Å². The Kier molecular flexibility index (Phi) is 5.61. The molecule has 0 saturated heterocycles. The summed E-state index contributed by atoms with van der Waals surface area (Å²) >= 11 is 6.08. The van der Waals surface area contributed by atoms with Crippen LogP contribution in [0.15, 0.2) is 88.5 Å². The van der Waals surface area contributed by atoms with Crippen LogP contribution in [0.25, 0.3) is 11.0 Å². The molecule has 0 spiro atoms. The third-order valence-corrected chi connectivity index (χ3v) is 6.52. The number of hydrogen-bond donors (Lipinski definition) is 1. The van der Waals surface area contributed by atoms with Crippen LogP contribution in [-0.2, 0) is 4.79 Å². The molecule has 5 rings (SSSR count). The van der Waals surface area contributed by atoms with Crippen LogP contribution >= 0.6 is 11.6 Å². The first-order chi connectivity index (χ1) is 16.8. The van der Waals surface area contributed by atoms with E-state index in [1.54, 1.807) is 24.3 Å². The van der Waals surface area contributed by atoms with Gasteiger partial charge in [0.1, 0.15) is 5.58 Å². The molecule has 1 aliphatic rings. The number of halogens is 1. The minimum atomic E-state index is -0.821. The van der Waals surface area contributed by atoms with E-state index in [1.807, 2.05) is 74.4 Å². The Morgan fingerprint density at radius 3 is 2.43 bits per heavy atom. The fourth-order valence-corrected chi connectivity index (χ4v) is 4.64. The van der Waals surface area contributed by atoms with Crippen molar-refractivity contribution in [2.75, 3.05) is 23.9 Å². The maximum atomic E-state index is 13.7. The van der Waals surface area contributed by atoms with Crippen LogP contribution in [0.4, 0.5) is 11.4 Å². The number of fused-ring (bicyclic) bond motifs is 1. The van der Waals surface area contributed by atoms with Gasteiger partial charge in [0.2, 0.25) is 5.78 Å². The molecule has 4 aromatic rings. The van der Waals surface area contributed by atoms with Gasteiger partial charge in [-0.2, -0.15) is 0 Å². The van der Waals surface area contributed by atoms with Crippen molar-refractivity contribution in [2.24, 2.45) is 0 Å². The summed E-state index contributed by atoms with van der Waals surface area (Å²) in [4.78, 5) is 30.5. The van der Waals surface area contributed by atoms with Gasteiger partial charge in [-0.25, -0.2) is 0 Å². The molecule has 0 bridgehead atoms. The summed E-state index contributed by atoms with van der Waals surface area (Å²) in [5, 5.41) is 12.2. The topological polar surface area (TPSA) is 74.0 Å². The number of furan rings is 1. The zero-order valence-electron chi connectivity index (χ0n) is 19.4. The lowest BCUT2D eigenvalue weighted by molar-refractivity contribution is -0.117. The summed E-state index contributed by atoms with van der Waals surface area (Å²) in [5.41, 5.74) is 3.62. The summed E-state index contributed by atoms with van der Waals surface area (Å²) in [5.74, 6) is -1.75. The second-order valence-electron chi connectivity index (χ2n) is 8.73. The van der Waals surface area contributed by atoms with Crippen LogP contribution in [0.2, 0.25) is 5.02 Å². The molecule has 0 fully saturated rings. The number of benzene rings is 3. The Morgan fingerprint density at radius 1 is 1.03 bits per heavy atom. The van der Waals surface area contributed by atoms with Crippen LogP contribution in [-0.4, -0.2) is 30.9 Å². The number of aliphatic hydroxyl groups is 1. The molecule has 1 aromatic heterocycles. The SMILES string of the molecule is Cc1ccccc1C1C(C(=O)c2cc3cc(Cl)ccc3o2)=C(O)C(=O)N1c1ccc(N(C)C)cc1. The maximum absolute atomic E-state index is 13.7. The number of hydrogen-bond acceptors (Lipinski definition) is 5. The van der Waals surface area contributed by atoms with E-state index in [9.17, 15) is 14.7 Å². The first-order valence-electron chi connectivity index (χ1n) is 11.1. The molecule has 2 heterocycles. The number of rotatable bonds is 5. The van der Waals surface area contributed by atoms with Gasteiger partial charge in [-0.1, -0.05) is 35.9 Å². The number of anilines is 2. The van der Waals surface area contributed by atoms with Crippen LogP contribution in [0.5, 0.6) is 0 Å². The highest BCUT2D eigenvalue weighted by molar-refractivity contribution is 6.31. The van der Waals surface area contributed by atoms with E-state index in [4.69, 9.17) is 16.0 Å². The predicted octanol–water partition coefficient (Wildman–Crippen LogP) is 6.24. The predicted molar refractivity (Wildman–Crippen MR) is 137 cm³/mol. The smallest absolute Gasteiger partial charge is 0.294 e. The normalized spacial score (nSPS) is 15.8. The minimum Gasteiger partial charge on any atom is -0.503 e. The molecule has 0 radical (unpaired) electrons. The molecular formula is C28H23ClN2O4. The molecule has 6 nitrogen and oxygen atoms in total. The molecule has 1 unspecified atom stereocenters. The van der Waals surface area contributed by atoms with Gasteiger partial charge >= 0.3 is 0 Å². The minimum absolute atomic E-state index is 0.0221. The average molecular weight is 487 g/mol. The monoisotopic (exact) mass is 486 g/mol. The molecule has 176 valence electrons.